The molecular weight excluding hydrogens is 238 g/mol. The number of aryl methyl sites for hydroxylation is 1. The summed E-state index contributed by atoms with van der Waals surface area (Å²) in [6.07, 6.45) is 0. The van der Waals surface area contributed by atoms with Gasteiger partial charge in [-0.2, -0.15) is 0 Å². The first-order chi connectivity index (χ1) is 9.19. The molecule has 0 aliphatic rings. The highest BCUT2D eigenvalue weighted by Gasteiger charge is 2.06. The molecule has 2 rings (SSSR count). The molecule has 1 aromatic carbocycles. The number of benzene rings is 1. The standard InChI is InChI=1S/C14H19N5/c1-11-16-13(18-12-6-4-3-5-7-12)10-14(17-11)19(2)9-8-15/h3-7,10H,8-9,15H2,1-2H3,(H,16,17,18). The lowest BCUT2D eigenvalue weighted by Gasteiger charge is -2.18. The molecule has 2 aromatic rings. The third kappa shape index (κ3) is 3.66. The van der Waals surface area contributed by atoms with Crippen LogP contribution in [0.15, 0.2) is 36.4 Å². The van der Waals surface area contributed by atoms with Crippen molar-refractivity contribution < 1.29 is 0 Å². The van der Waals surface area contributed by atoms with Gasteiger partial charge in [-0.15, -0.1) is 0 Å². The van der Waals surface area contributed by atoms with Gasteiger partial charge < -0.3 is 16.0 Å². The number of nitrogens with two attached hydrogens (primary N) is 1. The fraction of sp³-hybridized carbons (Fsp3) is 0.286. The number of nitrogens with one attached hydrogen (secondary N) is 1. The Morgan fingerprint density at radius 3 is 2.63 bits per heavy atom. The van der Waals surface area contributed by atoms with Crippen molar-refractivity contribution in [2.75, 3.05) is 30.4 Å². The van der Waals surface area contributed by atoms with Crippen molar-refractivity contribution in [2.45, 2.75) is 6.92 Å². The summed E-state index contributed by atoms with van der Waals surface area (Å²) in [5.74, 6) is 2.40. The molecule has 5 heteroatoms. The van der Waals surface area contributed by atoms with Gasteiger partial charge in [0.15, 0.2) is 0 Å². The number of nitrogens with zero attached hydrogens (tertiary/aromatic N) is 3. The van der Waals surface area contributed by atoms with Crippen LogP contribution >= 0.6 is 0 Å². The van der Waals surface area contributed by atoms with E-state index < -0.39 is 0 Å². The zero-order chi connectivity index (χ0) is 13.7. The second kappa shape index (κ2) is 6.15. The van der Waals surface area contributed by atoms with Crippen LogP contribution in [-0.2, 0) is 0 Å². The molecule has 0 unspecified atom stereocenters. The van der Waals surface area contributed by atoms with Crippen molar-refractivity contribution in [2.24, 2.45) is 5.73 Å². The third-order valence-corrected chi connectivity index (χ3v) is 2.73. The molecule has 0 saturated carbocycles. The van der Waals surface area contributed by atoms with Crippen LogP contribution in [0.5, 0.6) is 0 Å². The maximum atomic E-state index is 5.57. The smallest absolute Gasteiger partial charge is 0.136 e. The molecule has 0 fully saturated rings. The molecule has 3 N–H and O–H groups in total. The van der Waals surface area contributed by atoms with E-state index >= 15 is 0 Å². The van der Waals surface area contributed by atoms with Crippen LogP contribution in [0.2, 0.25) is 0 Å². The Kier molecular flexibility index (Phi) is 4.30. The minimum atomic E-state index is 0.598. The highest BCUT2D eigenvalue weighted by molar-refractivity contribution is 5.59. The predicted molar refractivity (Wildman–Crippen MR) is 78.8 cm³/mol. The second-order valence-electron chi connectivity index (χ2n) is 4.36. The lowest BCUT2D eigenvalue weighted by atomic mass is 10.3. The number of rotatable bonds is 5. The van der Waals surface area contributed by atoms with Crippen molar-refractivity contribution in [1.82, 2.24) is 9.97 Å². The van der Waals surface area contributed by atoms with Gasteiger partial charge in [-0.1, -0.05) is 18.2 Å². The molecule has 1 heterocycles. The van der Waals surface area contributed by atoms with E-state index in [4.69, 9.17) is 5.73 Å². The summed E-state index contributed by atoms with van der Waals surface area (Å²) in [7, 11) is 1.97. The summed E-state index contributed by atoms with van der Waals surface area (Å²) in [5.41, 5.74) is 6.57. The Morgan fingerprint density at radius 2 is 1.95 bits per heavy atom. The Bertz CT molecular complexity index is 527. The number of anilines is 3. The summed E-state index contributed by atoms with van der Waals surface area (Å²) < 4.78 is 0. The van der Waals surface area contributed by atoms with Gasteiger partial charge in [-0.05, 0) is 19.1 Å². The van der Waals surface area contributed by atoms with Crippen molar-refractivity contribution >= 4 is 17.3 Å². The lowest BCUT2D eigenvalue weighted by Crippen LogP contribution is -2.26. The first-order valence-corrected chi connectivity index (χ1v) is 6.28. The van der Waals surface area contributed by atoms with Gasteiger partial charge in [-0.3, -0.25) is 0 Å². The molecule has 19 heavy (non-hydrogen) atoms. The quantitative estimate of drug-likeness (QED) is 0.856. The number of likely N-dealkylation sites (N-methyl/N-ethyl adjacent to an activating group) is 1. The summed E-state index contributed by atoms with van der Waals surface area (Å²) in [4.78, 5) is 10.8. The summed E-state index contributed by atoms with van der Waals surface area (Å²) >= 11 is 0. The number of para-hydroxylation sites is 1. The van der Waals surface area contributed by atoms with Crippen LogP contribution in [0, 0.1) is 6.92 Å². The number of hydrogen-bond acceptors (Lipinski definition) is 5. The van der Waals surface area contributed by atoms with Crippen LogP contribution in [0.4, 0.5) is 17.3 Å². The highest BCUT2D eigenvalue weighted by atomic mass is 15.2. The molecule has 0 aliphatic carbocycles. The molecule has 0 aliphatic heterocycles. The van der Waals surface area contributed by atoms with Gasteiger partial charge >= 0.3 is 0 Å². The molecule has 0 spiro atoms. The molecule has 0 radical (unpaired) electrons. The van der Waals surface area contributed by atoms with E-state index in [0.29, 0.717) is 6.54 Å². The average Bonchev–Trinajstić information content (AvgIpc) is 2.39. The topological polar surface area (TPSA) is 67.1 Å². The van der Waals surface area contributed by atoms with E-state index in [9.17, 15) is 0 Å². The largest absolute Gasteiger partial charge is 0.358 e. The van der Waals surface area contributed by atoms with Crippen LogP contribution in [0.25, 0.3) is 0 Å². The molecular formula is C14H19N5. The van der Waals surface area contributed by atoms with E-state index in [1.165, 1.54) is 0 Å². The van der Waals surface area contributed by atoms with Crippen molar-refractivity contribution in [3.63, 3.8) is 0 Å². The monoisotopic (exact) mass is 257 g/mol. The average molecular weight is 257 g/mol. The van der Waals surface area contributed by atoms with E-state index in [2.05, 4.69) is 15.3 Å². The Hall–Kier alpha value is -2.14. The van der Waals surface area contributed by atoms with E-state index in [0.717, 1.165) is 29.7 Å². The summed E-state index contributed by atoms with van der Waals surface area (Å²) in [6, 6.07) is 11.9. The maximum Gasteiger partial charge on any atom is 0.136 e. The van der Waals surface area contributed by atoms with Crippen molar-refractivity contribution in [3.8, 4) is 0 Å². The molecule has 5 nitrogen and oxygen atoms in total. The first kappa shape index (κ1) is 13.3. The maximum absolute atomic E-state index is 5.57. The molecule has 100 valence electrons. The number of hydrogen-bond donors (Lipinski definition) is 2. The fourth-order valence-corrected chi connectivity index (χ4v) is 1.79. The Morgan fingerprint density at radius 1 is 1.21 bits per heavy atom. The van der Waals surface area contributed by atoms with Gasteiger partial charge in [-0.25, -0.2) is 9.97 Å². The number of aromatic nitrogens is 2. The summed E-state index contributed by atoms with van der Waals surface area (Å²) in [6.45, 7) is 3.25. The van der Waals surface area contributed by atoms with Gasteiger partial charge in [0.2, 0.25) is 0 Å². The third-order valence-electron chi connectivity index (χ3n) is 2.73. The summed E-state index contributed by atoms with van der Waals surface area (Å²) in [5, 5.41) is 3.27. The predicted octanol–water partition coefficient (Wildman–Crippen LogP) is 1.92. The molecule has 0 atom stereocenters. The molecule has 0 saturated heterocycles. The minimum Gasteiger partial charge on any atom is -0.358 e. The van der Waals surface area contributed by atoms with E-state index in [1.54, 1.807) is 0 Å². The minimum absolute atomic E-state index is 0.598. The Labute approximate surface area is 113 Å². The molecule has 0 amide bonds. The van der Waals surface area contributed by atoms with Crippen molar-refractivity contribution in [1.29, 1.82) is 0 Å². The van der Waals surface area contributed by atoms with Gasteiger partial charge in [0, 0.05) is 31.9 Å². The Balaban J connectivity index is 2.21. The van der Waals surface area contributed by atoms with Crippen molar-refractivity contribution in [3.05, 3.63) is 42.2 Å². The highest BCUT2D eigenvalue weighted by Crippen LogP contribution is 2.18. The van der Waals surface area contributed by atoms with Crippen LogP contribution in [0.1, 0.15) is 5.82 Å². The van der Waals surface area contributed by atoms with Crippen LogP contribution in [-0.4, -0.2) is 30.1 Å². The van der Waals surface area contributed by atoms with Crippen LogP contribution in [0.3, 0.4) is 0 Å². The van der Waals surface area contributed by atoms with E-state index in [-0.39, 0.29) is 0 Å². The zero-order valence-electron chi connectivity index (χ0n) is 11.3. The normalized spacial score (nSPS) is 10.3. The van der Waals surface area contributed by atoms with E-state index in [1.807, 2.05) is 55.3 Å². The molecule has 1 aromatic heterocycles. The van der Waals surface area contributed by atoms with Gasteiger partial charge in [0.1, 0.15) is 17.5 Å². The zero-order valence-corrected chi connectivity index (χ0v) is 11.3. The SMILES string of the molecule is Cc1nc(Nc2ccccc2)cc(N(C)CCN)n1. The first-order valence-electron chi connectivity index (χ1n) is 6.28. The lowest BCUT2D eigenvalue weighted by molar-refractivity contribution is 0.857. The van der Waals surface area contributed by atoms with Gasteiger partial charge in [0.25, 0.3) is 0 Å². The second-order valence-corrected chi connectivity index (χ2v) is 4.36. The molecule has 0 bridgehead atoms. The van der Waals surface area contributed by atoms with Crippen LogP contribution < -0.4 is 16.0 Å². The fourth-order valence-electron chi connectivity index (χ4n) is 1.79. The van der Waals surface area contributed by atoms with Gasteiger partial charge in [0.05, 0.1) is 0 Å².